The summed E-state index contributed by atoms with van der Waals surface area (Å²) >= 11 is 1.44. The van der Waals surface area contributed by atoms with Crippen molar-refractivity contribution in [1.82, 2.24) is 19.8 Å². The Balaban J connectivity index is 2.08. The highest BCUT2D eigenvalue weighted by molar-refractivity contribution is 7.19. The van der Waals surface area contributed by atoms with E-state index in [-0.39, 0.29) is 5.75 Å². The first kappa shape index (κ1) is 11.9. The van der Waals surface area contributed by atoms with Crippen LogP contribution in [0.5, 0.6) is 11.5 Å². The monoisotopic (exact) mass is 276 g/mol. The van der Waals surface area contributed by atoms with Crippen molar-refractivity contribution in [2.24, 2.45) is 0 Å². The summed E-state index contributed by atoms with van der Waals surface area (Å²) in [6, 6.07) is 5.21. The Labute approximate surface area is 113 Å². The molecule has 98 valence electrons. The number of benzene rings is 1. The molecule has 1 N–H and O–H groups in total. The number of hydrogen-bond acceptors (Lipinski definition) is 6. The second-order valence-electron chi connectivity index (χ2n) is 3.96. The van der Waals surface area contributed by atoms with Crippen molar-refractivity contribution in [3.8, 4) is 22.1 Å². The molecule has 0 saturated heterocycles. The average molecular weight is 276 g/mol. The molecule has 0 unspecified atom stereocenters. The lowest BCUT2D eigenvalue weighted by molar-refractivity contribution is 0.373. The number of methoxy groups -OCH3 is 1. The van der Waals surface area contributed by atoms with Crippen LogP contribution in [0.15, 0.2) is 18.2 Å². The van der Waals surface area contributed by atoms with Gasteiger partial charge in [0.05, 0.1) is 7.11 Å². The maximum atomic E-state index is 9.80. The second-order valence-corrected chi connectivity index (χ2v) is 4.91. The van der Waals surface area contributed by atoms with Gasteiger partial charge in [0.15, 0.2) is 17.3 Å². The van der Waals surface area contributed by atoms with E-state index in [0.29, 0.717) is 5.75 Å². The van der Waals surface area contributed by atoms with Gasteiger partial charge in [0.25, 0.3) is 0 Å². The molecule has 6 nitrogen and oxygen atoms in total. The molecule has 0 fully saturated rings. The van der Waals surface area contributed by atoms with Crippen molar-refractivity contribution < 1.29 is 9.84 Å². The predicted molar refractivity (Wildman–Crippen MR) is 71.7 cm³/mol. The summed E-state index contributed by atoms with van der Waals surface area (Å²) in [5, 5.41) is 23.2. The van der Waals surface area contributed by atoms with Gasteiger partial charge in [0.1, 0.15) is 5.01 Å². The maximum absolute atomic E-state index is 9.80. The minimum atomic E-state index is 0.0988. The number of aromatic hydroxyl groups is 1. The molecule has 0 aliphatic rings. The lowest BCUT2D eigenvalue weighted by atomic mass is 10.2. The van der Waals surface area contributed by atoms with Crippen LogP contribution in [0.25, 0.3) is 15.5 Å². The van der Waals surface area contributed by atoms with Crippen LogP contribution in [0.3, 0.4) is 0 Å². The van der Waals surface area contributed by atoms with E-state index in [2.05, 4.69) is 15.3 Å². The Morgan fingerprint density at radius 3 is 2.89 bits per heavy atom. The number of fused-ring (bicyclic) bond motifs is 1. The van der Waals surface area contributed by atoms with Crippen molar-refractivity contribution in [3.05, 3.63) is 24.0 Å². The molecule has 2 heterocycles. The molecule has 0 saturated carbocycles. The number of phenolic OH excluding ortho intramolecular Hbond substituents is 1. The quantitative estimate of drug-likeness (QED) is 0.793. The number of ether oxygens (including phenoxy) is 1. The summed E-state index contributed by atoms with van der Waals surface area (Å²) in [4.78, 5) is 0.752. The third-order valence-electron chi connectivity index (χ3n) is 2.80. The third-order valence-corrected chi connectivity index (χ3v) is 3.75. The minimum Gasteiger partial charge on any atom is -0.504 e. The van der Waals surface area contributed by atoms with Gasteiger partial charge in [-0.25, -0.2) is 0 Å². The van der Waals surface area contributed by atoms with E-state index < -0.39 is 0 Å². The molecule has 19 heavy (non-hydrogen) atoms. The Morgan fingerprint density at radius 2 is 2.21 bits per heavy atom. The van der Waals surface area contributed by atoms with Crippen LogP contribution in [0.1, 0.15) is 12.7 Å². The molecular formula is C12H12N4O2S. The molecule has 0 aliphatic heterocycles. The van der Waals surface area contributed by atoms with Crippen molar-refractivity contribution in [3.63, 3.8) is 0 Å². The fraction of sp³-hybridized carbons (Fsp3) is 0.250. The molecule has 3 rings (SSSR count). The van der Waals surface area contributed by atoms with Gasteiger partial charge < -0.3 is 9.84 Å². The van der Waals surface area contributed by atoms with E-state index in [1.807, 2.05) is 13.0 Å². The van der Waals surface area contributed by atoms with Crippen LogP contribution in [-0.2, 0) is 6.42 Å². The van der Waals surface area contributed by atoms with Gasteiger partial charge >= 0.3 is 0 Å². The summed E-state index contributed by atoms with van der Waals surface area (Å²) < 4.78 is 6.76. The lowest BCUT2D eigenvalue weighted by Crippen LogP contribution is -1.93. The summed E-state index contributed by atoms with van der Waals surface area (Å²) in [5.41, 5.74) is 0.829. The summed E-state index contributed by atoms with van der Waals surface area (Å²) in [5.74, 6) is 1.37. The lowest BCUT2D eigenvalue weighted by Gasteiger charge is -2.03. The van der Waals surface area contributed by atoms with E-state index in [9.17, 15) is 5.11 Å². The molecule has 0 aliphatic carbocycles. The smallest absolute Gasteiger partial charge is 0.234 e. The van der Waals surface area contributed by atoms with Crippen molar-refractivity contribution in [1.29, 1.82) is 0 Å². The Hall–Kier alpha value is -2.15. The van der Waals surface area contributed by atoms with Crippen LogP contribution < -0.4 is 4.74 Å². The maximum Gasteiger partial charge on any atom is 0.234 e. The zero-order chi connectivity index (χ0) is 13.4. The summed E-state index contributed by atoms with van der Waals surface area (Å²) in [6.45, 7) is 2.01. The SMILES string of the molecule is CCc1nnc2sc(-c3ccc(OC)c(O)c3)nn12. The molecule has 7 heteroatoms. The molecule has 0 atom stereocenters. The Kier molecular flexibility index (Phi) is 2.83. The van der Waals surface area contributed by atoms with Gasteiger partial charge in [-0.05, 0) is 18.2 Å². The van der Waals surface area contributed by atoms with Gasteiger partial charge in [0, 0.05) is 12.0 Å². The van der Waals surface area contributed by atoms with Crippen molar-refractivity contribution >= 4 is 16.3 Å². The number of aryl methyl sites for hydroxylation is 1. The zero-order valence-corrected chi connectivity index (χ0v) is 11.3. The topological polar surface area (TPSA) is 72.5 Å². The van der Waals surface area contributed by atoms with E-state index >= 15 is 0 Å². The van der Waals surface area contributed by atoms with Crippen LogP contribution in [-0.4, -0.2) is 32.0 Å². The van der Waals surface area contributed by atoms with Gasteiger partial charge in [-0.3, -0.25) is 0 Å². The van der Waals surface area contributed by atoms with Crippen molar-refractivity contribution in [2.45, 2.75) is 13.3 Å². The summed E-state index contributed by atoms with van der Waals surface area (Å²) in [6.07, 6.45) is 0.776. The van der Waals surface area contributed by atoms with Crippen LogP contribution in [0.4, 0.5) is 0 Å². The van der Waals surface area contributed by atoms with Crippen LogP contribution in [0.2, 0.25) is 0 Å². The van der Waals surface area contributed by atoms with E-state index in [4.69, 9.17) is 4.74 Å². The number of rotatable bonds is 3. The van der Waals surface area contributed by atoms with Crippen molar-refractivity contribution in [2.75, 3.05) is 7.11 Å². The first-order valence-corrected chi connectivity index (χ1v) is 6.63. The highest BCUT2D eigenvalue weighted by Gasteiger charge is 2.13. The van der Waals surface area contributed by atoms with Gasteiger partial charge in [-0.15, -0.1) is 10.2 Å². The Bertz CT molecular complexity index is 734. The second kappa shape index (κ2) is 4.51. The first-order valence-electron chi connectivity index (χ1n) is 5.81. The van der Waals surface area contributed by atoms with E-state index in [0.717, 1.165) is 27.8 Å². The molecule has 0 amide bonds. The molecule has 0 radical (unpaired) electrons. The molecule has 0 bridgehead atoms. The van der Waals surface area contributed by atoms with Gasteiger partial charge in [0.2, 0.25) is 4.96 Å². The number of phenols is 1. The first-order chi connectivity index (χ1) is 9.22. The highest BCUT2D eigenvalue weighted by atomic mass is 32.1. The molecule has 3 aromatic rings. The molecule has 0 spiro atoms. The van der Waals surface area contributed by atoms with E-state index in [1.54, 1.807) is 16.6 Å². The highest BCUT2D eigenvalue weighted by Crippen LogP contribution is 2.33. The van der Waals surface area contributed by atoms with Crippen LogP contribution in [0, 0.1) is 0 Å². The fourth-order valence-electron chi connectivity index (χ4n) is 1.82. The average Bonchev–Trinajstić information content (AvgIpc) is 2.98. The molecule has 1 aromatic carbocycles. The van der Waals surface area contributed by atoms with Gasteiger partial charge in [-0.2, -0.15) is 9.61 Å². The number of aromatic nitrogens is 4. The normalized spacial score (nSPS) is 11.1. The number of hydrogen-bond donors (Lipinski definition) is 1. The zero-order valence-electron chi connectivity index (χ0n) is 10.5. The minimum absolute atomic E-state index is 0.0988. The molecule has 2 aromatic heterocycles. The van der Waals surface area contributed by atoms with Gasteiger partial charge in [-0.1, -0.05) is 18.3 Å². The summed E-state index contributed by atoms with van der Waals surface area (Å²) in [7, 11) is 1.52. The Morgan fingerprint density at radius 1 is 1.37 bits per heavy atom. The number of nitrogens with zero attached hydrogens (tertiary/aromatic N) is 4. The van der Waals surface area contributed by atoms with Crippen LogP contribution >= 0.6 is 11.3 Å². The predicted octanol–water partition coefficient (Wildman–Crippen LogP) is 2.13. The fourth-order valence-corrected chi connectivity index (χ4v) is 2.67. The molecular weight excluding hydrogens is 264 g/mol. The standard InChI is InChI=1S/C12H12N4O2S/c1-3-10-13-14-12-16(10)15-11(19-12)7-4-5-9(18-2)8(17)6-7/h4-6,17H,3H2,1-2H3. The largest absolute Gasteiger partial charge is 0.504 e. The third kappa shape index (κ3) is 1.91. The van der Waals surface area contributed by atoms with E-state index in [1.165, 1.54) is 18.4 Å².